The van der Waals surface area contributed by atoms with Gasteiger partial charge in [0, 0.05) is 17.9 Å². The fourth-order valence-corrected chi connectivity index (χ4v) is 3.58. The van der Waals surface area contributed by atoms with E-state index in [1.807, 2.05) is 0 Å². The molecule has 2 N–H and O–H groups in total. The van der Waals surface area contributed by atoms with E-state index in [9.17, 15) is 27.8 Å². The fourth-order valence-electron chi connectivity index (χ4n) is 2.83. The zero-order chi connectivity index (χ0) is 24.6. The van der Waals surface area contributed by atoms with E-state index < -0.39 is 39.5 Å². The number of ether oxygens (including phenoxy) is 1. The van der Waals surface area contributed by atoms with Crippen LogP contribution in [0, 0.1) is 5.82 Å². The molecule has 1 atom stereocenters. The lowest BCUT2D eigenvalue weighted by Gasteiger charge is -2.24. The largest absolute Gasteiger partial charge is 0.484 e. The van der Waals surface area contributed by atoms with Crippen molar-refractivity contribution in [3.8, 4) is 22.6 Å². The number of nitrogens with zero attached hydrogens (tertiary/aromatic N) is 2. The molecule has 1 heterocycles. The Morgan fingerprint density at radius 3 is 2.39 bits per heavy atom. The molecule has 3 rings (SSSR count). The molecule has 8 nitrogen and oxygen atoms in total. The van der Waals surface area contributed by atoms with Gasteiger partial charge in [-0.05, 0) is 43.7 Å². The SMILES string of the molecule is CC(C)(O)[C@@H](O)COc1c(-c2ccc(S(C)(=O)=O)cc2)cnn(-c2ccc(Cl)c(F)c2)c1=O. The number of benzene rings is 2. The Labute approximate surface area is 194 Å². The van der Waals surface area contributed by atoms with Gasteiger partial charge in [-0.25, -0.2) is 12.8 Å². The average molecular weight is 497 g/mol. The zero-order valence-electron chi connectivity index (χ0n) is 18.0. The predicted octanol–water partition coefficient (Wildman–Crippen LogP) is 2.61. The van der Waals surface area contributed by atoms with Gasteiger partial charge < -0.3 is 14.9 Å². The lowest BCUT2D eigenvalue weighted by atomic mass is 10.0. The van der Waals surface area contributed by atoms with E-state index in [1.165, 1.54) is 56.4 Å². The van der Waals surface area contributed by atoms with Gasteiger partial charge in [0.2, 0.25) is 0 Å². The first-order valence-corrected chi connectivity index (χ1v) is 12.0. The third kappa shape index (κ3) is 5.59. The van der Waals surface area contributed by atoms with Crippen LogP contribution in [0.1, 0.15) is 13.8 Å². The van der Waals surface area contributed by atoms with Gasteiger partial charge in [-0.2, -0.15) is 9.78 Å². The maximum Gasteiger partial charge on any atom is 0.314 e. The Morgan fingerprint density at radius 2 is 1.85 bits per heavy atom. The zero-order valence-corrected chi connectivity index (χ0v) is 19.6. The Bertz CT molecular complexity index is 1330. The summed E-state index contributed by atoms with van der Waals surface area (Å²) in [5, 5.41) is 24.1. The number of aliphatic hydroxyl groups excluding tert-OH is 1. The minimum atomic E-state index is -3.43. The van der Waals surface area contributed by atoms with Crippen LogP contribution in [-0.2, 0) is 9.84 Å². The molecule has 0 saturated carbocycles. The predicted molar refractivity (Wildman–Crippen MR) is 121 cm³/mol. The second kappa shape index (κ2) is 9.22. The Morgan fingerprint density at radius 1 is 1.21 bits per heavy atom. The smallest absolute Gasteiger partial charge is 0.314 e. The Hall–Kier alpha value is -2.79. The van der Waals surface area contributed by atoms with E-state index in [0.29, 0.717) is 5.56 Å². The molecule has 176 valence electrons. The van der Waals surface area contributed by atoms with Gasteiger partial charge in [0.15, 0.2) is 15.6 Å². The van der Waals surface area contributed by atoms with Crippen molar-refractivity contribution in [1.29, 1.82) is 0 Å². The lowest BCUT2D eigenvalue weighted by Crippen LogP contribution is -2.40. The second-order valence-corrected chi connectivity index (χ2v) is 10.4. The van der Waals surface area contributed by atoms with Gasteiger partial charge >= 0.3 is 5.56 Å². The van der Waals surface area contributed by atoms with Crippen LogP contribution in [0.25, 0.3) is 16.8 Å². The monoisotopic (exact) mass is 496 g/mol. The highest BCUT2D eigenvalue weighted by Crippen LogP contribution is 2.28. The van der Waals surface area contributed by atoms with Crippen LogP contribution in [0.15, 0.2) is 58.4 Å². The summed E-state index contributed by atoms with van der Waals surface area (Å²) < 4.78 is 43.9. The third-order valence-electron chi connectivity index (χ3n) is 4.88. The molecule has 33 heavy (non-hydrogen) atoms. The summed E-state index contributed by atoms with van der Waals surface area (Å²) >= 11 is 5.71. The van der Waals surface area contributed by atoms with Crippen molar-refractivity contribution in [2.45, 2.75) is 30.4 Å². The molecule has 0 spiro atoms. The van der Waals surface area contributed by atoms with Crippen molar-refractivity contribution >= 4 is 21.4 Å². The highest BCUT2D eigenvalue weighted by molar-refractivity contribution is 7.90. The van der Waals surface area contributed by atoms with Gasteiger partial charge in [0.25, 0.3) is 0 Å². The summed E-state index contributed by atoms with van der Waals surface area (Å²) in [5.41, 5.74) is -1.52. The summed E-state index contributed by atoms with van der Waals surface area (Å²) in [6, 6.07) is 9.43. The molecule has 0 amide bonds. The topological polar surface area (TPSA) is 119 Å². The van der Waals surface area contributed by atoms with E-state index in [1.54, 1.807) is 0 Å². The molecule has 0 saturated heterocycles. The van der Waals surface area contributed by atoms with E-state index in [2.05, 4.69) is 5.10 Å². The fraction of sp³-hybridized carbons (Fsp3) is 0.273. The molecule has 2 aromatic carbocycles. The standard InChI is InChI=1S/C22H22ClFN2O6S/c1-22(2,29)19(27)12-32-20-16(13-4-7-15(8-5-13)33(3,30)31)11-25-26(21(20)28)14-6-9-17(23)18(24)10-14/h4-11,19,27,29H,12H2,1-3H3/t19-/m0/s1. The summed E-state index contributed by atoms with van der Waals surface area (Å²) in [4.78, 5) is 13.3. The molecule has 0 aliphatic carbocycles. The molecular formula is C22H22ClFN2O6S. The average Bonchev–Trinajstić information content (AvgIpc) is 2.73. The number of aliphatic hydroxyl groups is 2. The van der Waals surface area contributed by atoms with E-state index in [-0.39, 0.29) is 26.9 Å². The summed E-state index contributed by atoms with van der Waals surface area (Å²) in [5.74, 6) is -0.973. The number of sulfone groups is 1. The number of rotatable bonds is 7. The van der Waals surface area contributed by atoms with Crippen LogP contribution in [0.5, 0.6) is 5.75 Å². The molecule has 0 fully saturated rings. The molecule has 0 bridgehead atoms. The van der Waals surface area contributed by atoms with Crippen LogP contribution in [0.2, 0.25) is 5.02 Å². The summed E-state index contributed by atoms with van der Waals surface area (Å²) in [6.07, 6.45) is 1.05. The Kier molecular flexibility index (Phi) is 6.94. The van der Waals surface area contributed by atoms with Crippen molar-refractivity contribution in [3.05, 3.63) is 69.9 Å². The molecular weight excluding hydrogens is 475 g/mol. The summed E-state index contributed by atoms with van der Waals surface area (Å²) in [6.45, 7) is 2.34. The second-order valence-electron chi connectivity index (χ2n) is 7.98. The molecule has 0 unspecified atom stereocenters. The first-order valence-electron chi connectivity index (χ1n) is 9.70. The highest BCUT2D eigenvalue weighted by atomic mass is 35.5. The van der Waals surface area contributed by atoms with Crippen LogP contribution in [-0.4, -0.2) is 53.0 Å². The van der Waals surface area contributed by atoms with E-state index in [4.69, 9.17) is 16.3 Å². The van der Waals surface area contributed by atoms with Gasteiger partial charge in [-0.1, -0.05) is 23.7 Å². The molecule has 3 aromatic rings. The van der Waals surface area contributed by atoms with Crippen LogP contribution in [0.4, 0.5) is 4.39 Å². The highest BCUT2D eigenvalue weighted by Gasteiger charge is 2.26. The molecule has 0 radical (unpaired) electrons. The van der Waals surface area contributed by atoms with Crippen molar-refractivity contribution in [3.63, 3.8) is 0 Å². The molecule has 0 aliphatic heterocycles. The van der Waals surface area contributed by atoms with Gasteiger partial charge in [-0.15, -0.1) is 0 Å². The van der Waals surface area contributed by atoms with Gasteiger partial charge in [0.1, 0.15) is 18.5 Å². The van der Waals surface area contributed by atoms with Crippen molar-refractivity contribution < 1.29 is 27.8 Å². The van der Waals surface area contributed by atoms with Gasteiger partial charge in [0.05, 0.1) is 27.4 Å². The maximum absolute atomic E-state index is 13.9. The first-order chi connectivity index (χ1) is 15.3. The Balaban J connectivity index is 2.13. The van der Waals surface area contributed by atoms with E-state index >= 15 is 0 Å². The normalized spacial score (nSPS) is 13.1. The number of aromatic nitrogens is 2. The minimum Gasteiger partial charge on any atom is -0.484 e. The van der Waals surface area contributed by atoms with Crippen LogP contribution >= 0.6 is 11.6 Å². The summed E-state index contributed by atoms with van der Waals surface area (Å²) in [7, 11) is -3.43. The number of hydrogen-bond acceptors (Lipinski definition) is 7. The van der Waals surface area contributed by atoms with Crippen molar-refractivity contribution in [1.82, 2.24) is 9.78 Å². The maximum atomic E-state index is 13.9. The van der Waals surface area contributed by atoms with Crippen LogP contribution < -0.4 is 10.3 Å². The van der Waals surface area contributed by atoms with Crippen molar-refractivity contribution in [2.24, 2.45) is 0 Å². The quantitative estimate of drug-likeness (QED) is 0.516. The number of halogens is 2. The third-order valence-corrected chi connectivity index (χ3v) is 6.31. The van der Waals surface area contributed by atoms with Gasteiger partial charge in [-0.3, -0.25) is 4.79 Å². The van der Waals surface area contributed by atoms with Crippen molar-refractivity contribution in [2.75, 3.05) is 12.9 Å². The lowest BCUT2D eigenvalue weighted by molar-refractivity contribution is -0.0663. The minimum absolute atomic E-state index is 0.0871. The molecule has 11 heteroatoms. The first kappa shape index (κ1) is 24.8. The molecule has 0 aliphatic rings. The molecule has 1 aromatic heterocycles. The van der Waals surface area contributed by atoms with Crippen LogP contribution in [0.3, 0.4) is 0 Å². The van der Waals surface area contributed by atoms with E-state index in [0.717, 1.165) is 17.0 Å². The number of hydrogen-bond donors (Lipinski definition) is 2.